The maximum absolute atomic E-state index is 13.7. The van der Waals surface area contributed by atoms with Crippen molar-refractivity contribution in [2.75, 3.05) is 13.1 Å². The molecule has 142 valence electrons. The molecule has 3 nitrogen and oxygen atoms in total. The fourth-order valence-electron chi connectivity index (χ4n) is 8.70. The first-order chi connectivity index (χ1) is 11.3. The van der Waals surface area contributed by atoms with Crippen molar-refractivity contribution in [3.63, 3.8) is 0 Å². The third-order valence-corrected chi connectivity index (χ3v) is 8.52. The first-order valence-electron chi connectivity index (χ1n) is 10.3. The number of nitrogens with zero attached hydrogens (tertiary/aromatic N) is 1. The van der Waals surface area contributed by atoms with E-state index in [2.05, 4.69) is 18.7 Å². The Labute approximate surface area is 158 Å². The summed E-state index contributed by atoms with van der Waals surface area (Å²) < 4.78 is 0. The smallest absolute Gasteiger partial charge is 0.228 e. The van der Waals surface area contributed by atoms with E-state index in [4.69, 9.17) is 5.73 Å². The monoisotopic (exact) mass is 366 g/mol. The number of hydrogen-bond acceptors (Lipinski definition) is 2. The minimum Gasteiger partial charge on any atom is -0.342 e. The van der Waals surface area contributed by atoms with Gasteiger partial charge in [0.25, 0.3) is 0 Å². The van der Waals surface area contributed by atoms with E-state index >= 15 is 0 Å². The summed E-state index contributed by atoms with van der Waals surface area (Å²) in [6.45, 7) is 6.89. The summed E-state index contributed by atoms with van der Waals surface area (Å²) in [6, 6.07) is 0.327. The van der Waals surface area contributed by atoms with Crippen molar-refractivity contribution in [3.05, 3.63) is 0 Å². The summed E-state index contributed by atoms with van der Waals surface area (Å²) in [7, 11) is 0. The van der Waals surface area contributed by atoms with E-state index in [1.165, 1.54) is 38.5 Å². The maximum Gasteiger partial charge on any atom is 0.228 e. The average molecular weight is 367 g/mol. The fraction of sp³-hybridized carbons (Fsp3) is 0.952. The Bertz CT molecular complexity index is 560. The number of amides is 1. The van der Waals surface area contributed by atoms with Crippen LogP contribution in [0, 0.1) is 34.0 Å². The molecule has 6 rings (SSSR count). The molecule has 4 bridgehead atoms. The number of nitrogens with two attached hydrogens (primary N) is 1. The van der Waals surface area contributed by atoms with Crippen LogP contribution in [-0.2, 0) is 4.79 Å². The first-order valence-corrected chi connectivity index (χ1v) is 10.3. The maximum atomic E-state index is 13.7. The van der Waals surface area contributed by atoms with E-state index in [9.17, 15) is 4.79 Å². The van der Waals surface area contributed by atoms with Crippen LogP contribution >= 0.6 is 12.4 Å². The third-order valence-electron chi connectivity index (χ3n) is 8.52. The van der Waals surface area contributed by atoms with Crippen molar-refractivity contribution in [1.29, 1.82) is 0 Å². The van der Waals surface area contributed by atoms with Gasteiger partial charge in [-0.25, -0.2) is 0 Å². The molecule has 6 aliphatic rings. The Morgan fingerprint density at radius 3 is 2.28 bits per heavy atom. The number of likely N-dealkylation sites (tertiary alicyclic amines) is 1. The van der Waals surface area contributed by atoms with Gasteiger partial charge in [0, 0.05) is 19.1 Å². The van der Waals surface area contributed by atoms with Crippen LogP contribution in [-0.4, -0.2) is 29.9 Å². The predicted molar refractivity (Wildman–Crippen MR) is 102 cm³/mol. The highest BCUT2D eigenvalue weighted by atomic mass is 35.5. The summed E-state index contributed by atoms with van der Waals surface area (Å²) in [4.78, 5) is 16.0. The van der Waals surface area contributed by atoms with Crippen LogP contribution in [0.2, 0.25) is 0 Å². The number of carbonyl (C=O) groups excluding carboxylic acids is 1. The lowest BCUT2D eigenvalue weighted by molar-refractivity contribution is -0.178. The van der Waals surface area contributed by atoms with Gasteiger partial charge in [0.15, 0.2) is 0 Å². The lowest BCUT2D eigenvalue weighted by atomic mass is 9.40. The SMILES string of the molecule is CC12CC3CC(C)(C1)CC(C(=O)N1CC4CCCC(N)C4C1)(C3)C2.Cl. The van der Waals surface area contributed by atoms with Crippen LogP contribution in [0.3, 0.4) is 0 Å². The lowest BCUT2D eigenvalue weighted by Crippen LogP contribution is -2.60. The largest absolute Gasteiger partial charge is 0.342 e. The zero-order valence-electron chi connectivity index (χ0n) is 15.9. The first kappa shape index (κ1) is 18.1. The molecule has 1 heterocycles. The predicted octanol–water partition coefficient (Wildman–Crippen LogP) is 3.99. The molecule has 0 aromatic carbocycles. The van der Waals surface area contributed by atoms with Gasteiger partial charge in [0.2, 0.25) is 5.91 Å². The molecule has 0 spiro atoms. The molecule has 0 aromatic rings. The van der Waals surface area contributed by atoms with Crippen LogP contribution in [0.5, 0.6) is 0 Å². The Hall–Kier alpha value is -0.280. The van der Waals surface area contributed by atoms with Crippen molar-refractivity contribution in [1.82, 2.24) is 4.90 Å². The van der Waals surface area contributed by atoms with E-state index in [1.54, 1.807) is 0 Å². The fourth-order valence-corrected chi connectivity index (χ4v) is 8.70. The molecule has 5 unspecified atom stereocenters. The molecule has 1 saturated heterocycles. The van der Waals surface area contributed by atoms with E-state index in [-0.39, 0.29) is 17.8 Å². The van der Waals surface area contributed by atoms with Crippen molar-refractivity contribution >= 4 is 18.3 Å². The van der Waals surface area contributed by atoms with Gasteiger partial charge in [-0.15, -0.1) is 12.4 Å². The van der Waals surface area contributed by atoms with Crippen molar-refractivity contribution in [3.8, 4) is 0 Å². The second kappa shape index (κ2) is 5.61. The molecule has 5 atom stereocenters. The summed E-state index contributed by atoms with van der Waals surface area (Å²) in [5, 5.41) is 0. The second-order valence-corrected chi connectivity index (χ2v) is 11.1. The van der Waals surface area contributed by atoms with Crippen LogP contribution in [0.1, 0.15) is 71.6 Å². The number of carbonyl (C=O) groups is 1. The minimum absolute atomic E-state index is 0. The number of rotatable bonds is 1. The topological polar surface area (TPSA) is 46.3 Å². The third kappa shape index (κ3) is 2.67. The van der Waals surface area contributed by atoms with Crippen LogP contribution in [0.15, 0.2) is 0 Å². The summed E-state index contributed by atoms with van der Waals surface area (Å²) in [5.74, 6) is 2.57. The normalized spacial score (nSPS) is 53.5. The van der Waals surface area contributed by atoms with E-state index in [0.29, 0.717) is 34.6 Å². The van der Waals surface area contributed by atoms with Crippen molar-refractivity contribution < 1.29 is 4.79 Å². The zero-order chi connectivity index (χ0) is 16.7. The van der Waals surface area contributed by atoms with Gasteiger partial charge in [0.1, 0.15) is 0 Å². The van der Waals surface area contributed by atoms with E-state index in [0.717, 1.165) is 38.3 Å². The van der Waals surface area contributed by atoms with E-state index in [1.807, 2.05) is 0 Å². The molecule has 0 aromatic heterocycles. The number of halogens is 1. The molecule has 6 fully saturated rings. The van der Waals surface area contributed by atoms with Gasteiger partial charge in [-0.05, 0) is 80.0 Å². The molecule has 1 amide bonds. The molecule has 25 heavy (non-hydrogen) atoms. The average Bonchev–Trinajstić information content (AvgIpc) is 2.88. The van der Waals surface area contributed by atoms with E-state index < -0.39 is 0 Å². The lowest BCUT2D eigenvalue weighted by Gasteiger charge is -2.65. The van der Waals surface area contributed by atoms with Crippen LogP contribution in [0.25, 0.3) is 0 Å². The molecular weight excluding hydrogens is 332 g/mol. The van der Waals surface area contributed by atoms with Crippen LogP contribution < -0.4 is 5.73 Å². The van der Waals surface area contributed by atoms with Gasteiger partial charge in [-0.1, -0.05) is 20.3 Å². The van der Waals surface area contributed by atoms with Gasteiger partial charge in [0.05, 0.1) is 5.41 Å². The Morgan fingerprint density at radius 1 is 1.00 bits per heavy atom. The molecule has 5 aliphatic carbocycles. The molecule has 5 saturated carbocycles. The Balaban J connectivity index is 0.00000157. The molecule has 2 N–H and O–H groups in total. The number of hydrogen-bond donors (Lipinski definition) is 1. The molecule has 0 radical (unpaired) electrons. The van der Waals surface area contributed by atoms with Gasteiger partial charge in [-0.2, -0.15) is 0 Å². The van der Waals surface area contributed by atoms with Gasteiger partial charge in [-0.3, -0.25) is 4.79 Å². The summed E-state index contributed by atoms with van der Waals surface area (Å²) in [6.07, 6.45) is 11.3. The van der Waals surface area contributed by atoms with Crippen molar-refractivity contribution in [2.45, 2.75) is 77.7 Å². The second-order valence-electron chi connectivity index (χ2n) is 11.1. The quantitative estimate of drug-likeness (QED) is 0.762. The minimum atomic E-state index is -0.0273. The summed E-state index contributed by atoms with van der Waals surface area (Å²) in [5.41, 5.74) is 7.21. The van der Waals surface area contributed by atoms with Crippen molar-refractivity contribution in [2.24, 2.45) is 39.7 Å². The number of fused-ring (bicyclic) bond motifs is 1. The highest BCUT2D eigenvalue weighted by Crippen LogP contribution is 2.70. The van der Waals surface area contributed by atoms with Crippen LogP contribution in [0.4, 0.5) is 0 Å². The van der Waals surface area contributed by atoms with Gasteiger partial charge >= 0.3 is 0 Å². The van der Waals surface area contributed by atoms with Gasteiger partial charge < -0.3 is 10.6 Å². The molecule has 4 heteroatoms. The summed E-state index contributed by atoms with van der Waals surface area (Å²) >= 11 is 0. The Kier molecular flexibility index (Phi) is 4.06. The highest BCUT2D eigenvalue weighted by molar-refractivity contribution is 5.85. The standard InChI is InChI=1S/C21H34N2O.ClH/c1-19-6-14-7-20(2,11-19)13-21(8-14,12-19)18(24)23-9-15-4-3-5-17(22)16(15)10-23;/h14-17H,3-13,22H2,1-2H3;1H. The zero-order valence-corrected chi connectivity index (χ0v) is 16.7. The Morgan fingerprint density at radius 2 is 1.68 bits per heavy atom. The molecular formula is C21H35ClN2O. The highest BCUT2D eigenvalue weighted by Gasteiger charge is 2.63. The molecule has 1 aliphatic heterocycles.